The summed E-state index contributed by atoms with van der Waals surface area (Å²) in [6.45, 7) is 3.28. The summed E-state index contributed by atoms with van der Waals surface area (Å²) in [7, 11) is 0. The van der Waals surface area contributed by atoms with Crippen LogP contribution in [0.4, 0.5) is 0 Å². The summed E-state index contributed by atoms with van der Waals surface area (Å²) < 4.78 is 6.53. The maximum atomic E-state index is 10.9. The molecular weight excluding hydrogens is 279 g/mol. The predicted molar refractivity (Wildman–Crippen MR) is 59.9 cm³/mol. The van der Waals surface area contributed by atoms with E-state index >= 15 is 0 Å². The average molecular weight is 290 g/mol. The highest BCUT2D eigenvalue weighted by Crippen LogP contribution is 2.14. The van der Waals surface area contributed by atoms with Gasteiger partial charge in [-0.1, -0.05) is 0 Å². The summed E-state index contributed by atoms with van der Waals surface area (Å²) in [5.41, 5.74) is 0. The topological polar surface area (TPSA) is 26.3 Å². The second-order valence-corrected chi connectivity index (χ2v) is 4.07. The van der Waals surface area contributed by atoms with Crippen LogP contribution in [0.5, 0.6) is 5.75 Å². The van der Waals surface area contributed by atoms with Crippen molar-refractivity contribution in [1.82, 2.24) is 0 Å². The van der Waals surface area contributed by atoms with Crippen LogP contribution in [0.1, 0.15) is 13.8 Å². The SMILES string of the molecule is CC(=O)C(C)Oc1ccc(I)cc1. The Balaban J connectivity index is 2.64. The van der Waals surface area contributed by atoms with Crippen molar-refractivity contribution >= 4 is 28.4 Å². The lowest BCUT2D eigenvalue weighted by atomic mass is 10.3. The van der Waals surface area contributed by atoms with Gasteiger partial charge in [0.25, 0.3) is 0 Å². The van der Waals surface area contributed by atoms with Gasteiger partial charge in [0.1, 0.15) is 5.75 Å². The Kier molecular flexibility index (Phi) is 3.71. The lowest BCUT2D eigenvalue weighted by Gasteiger charge is -2.10. The fourth-order valence-corrected chi connectivity index (χ4v) is 1.16. The summed E-state index contributed by atoms with van der Waals surface area (Å²) in [6.07, 6.45) is -0.361. The third-order valence-electron chi connectivity index (χ3n) is 1.70. The van der Waals surface area contributed by atoms with E-state index in [0.29, 0.717) is 0 Å². The van der Waals surface area contributed by atoms with Crippen LogP contribution in [-0.4, -0.2) is 11.9 Å². The molecule has 1 aromatic rings. The summed E-state index contributed by atoms with van der Waals surface area (Å²) >= 11 is 2.22. The van der Waals surface area contributed by atoms with E-state index in [-0.39, 0.29) is 11.9 Å². The molecule has 1 aromatic carbocycles. The molecule has 13 heavy (non-hydrogen) atoms. The van der Waals surface area contributed by atoms with Gasteiger partial charge in [-0.25, -0.2) is 0 Å². The molecule has 0 N–H and O–H groups in total. The van der Waals surface area contributed by atoms with Crippen LogP contribution < -0.4 is 4.74 Å². The summed E-state index contributed by atoms with van der Waals surface area (Å²) in [6, 6.07) is 7.62. The molecule has 0 bridgehead atoms. The van der Waals surface area contributed by atoms with Gasteiger partial charge >= 0.3 is 0 Å². The van der Waals surface area contributed by atoms with Crippen molar-refractivity contribution in [3.8, 4) is 5.75 Å². The van der Waals surface area contributed by atoms with Crippen LogP contribution in [0.3, 0.4) is 0 Å². The zero-order chi connectivity index (χ0) is 9.84. The Labute approximate surface area is 91.4 Å². The molecule has 70 valence electrons. The molecule has 0 amide bonds. The van der Waals surface area contributed by atoms with Crippen LogP contribution >= 0.6 is 22.6 Å². The average Bonchev–Trinajstić information content (AvgIpc) is 2.08. The van der Waals surface area contributed by atoms with Crippen LogP contribution in [0.2, 0.25) is 0 Å². The second kappa shape index (κ2) is 4.60. The number of halogens is 1. The molecule has 3 heteroatoms. The van der Waals surface area contributed by atoms with E-state index in [2.05, 4.69) is 22.6 Å². The molecule has 1 rings (SSSR count). The lowest BCUT2D eigenvalue weighted by Crippen LogP contribution is -2.20. The number of hydrogen-bond acceptors (Lipinski definition) is 2. The molecule has 0 aliphatic heterocycles. The highest BCUT2D eigenvalue weighted by molar-refractivity contribution is 14.1. The maximum Gasteiger partial charge on any atom is 0.169 e. The van der Waals surface area contributed by atoms with E-state index < -0.39 is 0 Å². The Hall–Kier alpha value is -0.580. The van der Waals surface area contributed by atoms with Crippen molar-refractivity contribution in [2.45, 2.75) is 20.0 Å². The molecule has 0 heterocycles. The molecule has 2 nitrogen and oxygen atoms in total. The van der Waals surface area contributed by atoms with Gasteiger partial charge in [0.15, 0.2) is 11.9 Å². The van der Waals surface area contributed by atoms with Crippen molar-refractivity contribution in [2.24, 2.45) is 0 Å². The molecule has 0 radical (unpaired) electrons. The van der Waals surface area contributed by atoms with E-state index in [4.69, 9.17) is 4.74 Å². The van der Waals surface area contributed by atoms with Gasteiger partial charge in [0.2, 0.25) is 0 Å². The maximum absolute atomic E-state index is 10.9. The number of ketones is 1. The van der Waals surface area contributed by atoms with Crippen LogP contribution in [-0.2, 0) is 4.79 Å². The summed E-state index contributed by atoms with van der Waals surface area (Å²) in [5.74, 6) is 0.779. The van der Waals surface area contributed by atoms with E-state index in [0.717, 1.165) is 9.32 Å². The third-order valence-corrected chi connectivity index (χ3v) is 2.42. The van der Waals surface area contributed by atoms with E-state index in [1.54, 1.807) is 6.92 Å². The van der Waals surface area contributed by atoms with Gasteiger partial charge in [-0.3, -0.25) is 4.79 Å². The second-order valence-electron chi connectivity index (χ2n) is 2.82. The normalized spacial score (nSPS) is 12.2. The van der Waals surface area contributed by atoms with Crippen molar-refractivity contribution in [3.05, 3.63) is 27.8 Å². The number of rotatable bonds is 3. The van der Waals surface area contributed by atoms with Crippen molar-refractivity contribution in [2.75, 3.05) is 0 Å². The number of carbonyl (C=O) groups excluding carboxylic acids is 1. The third kappa shape index (κ3) is 3.34. The minimum atomic E-state index is -0.361. The first kappa shape index (κ1) is 10.5. The Bertz CT molecular complexity index is 292. The van der Waals surface area contributed by atoms with Gasteiger partial charge < -0.3 is 4.74 Å². The smallest absolute Gasteiger partial charge is 0.169 e. The quantitative estimate of drug-likeness (QED) is 0.800. The van der Waals surface area contributed by atoms with Gasteiger partial charge in [0.05, 0.1) is 0 Å². The predicted octanol–water partition coefficient (Wildman–Crippen LogP) is 2.65. The molecule has 1 unspecified atom stereocenters. The number of ether oxygens (including phenoxy) is 1. The van der Waals surface area contributed by atoms with Crippen molar-refractivity contribution in [1.29, 1.82) is 0 Å². The number of hydrogen-bond donors (Lipinski definition) is 0. The number of benzene rings is 1. The first-order valence-electron chi connectivity index (χ1n) is 4.02. The van der Waals surface area contributed by atoms with E-state index in [1.165, 1.54) is 6.92 Å². The number of Topliss-reactive ketones (excluding diaryl/α,β-unsaturated/α-hetero) is 1. The highest BCUT2D eigenvalue weighted by Gasteiger charge is 2.08. The zero-order valence-electron chi connectivity index (χ0n) is 7.58. The van der Waals surface area contributed by atoms with Crippen molar-refractivity contribution < 1.29 is 9.53 Å². The Morgan fingerprint density at radius 2 is 1.92 bits per heavy atom. The van der Waals surface area contributed by atoms with Gasteiger partial charge in [-0.2, -0.15) is 0 Å². The van der Waals surface area contributed by atoms with Crippen molar-refractivity contribution in [3.63, 3.8) is 0 Å². The number of carbonyl (C=O) groups is 1. The fourth-order valence-electron chi connectivity index (χ4n) is 0.800. The Morgan fingerprint density at radius 1 is 1.38 bits per heavy atom. The first-order valence-corrected chi connectivity index (χ1v) is 5.10. The molecule has 0 saturated heterocycles. The molecule has 0 aromatic heterocycles. The molecule has 1 atom stereocenters. The largest absolute Gasteiger partial charge is 0.483 e. The fraction of sp³-hybridized carbons (Fsp3) is 0.300. The first-order chi connectivity index (χ1) is 6.09. The molecule has 0 spiro atoms. The summed E-state index contributed by atoms with van der Waals surface area (Å²) in [4.78, 5) is 10.9. The van der Waals surface area contributed by atoms with Crippen LogP contribution in [0.15, 0.2) is 24.3 Å². The molecule has 0 aliphatic rings. The molecular formula is C10H11IO2. The van der Waals surface area contributed by atoms with Crippen LogP contribution in [0, 0.1) is 3.57 Å². The Morgan fingerprint density at radius 3 is 2.38 bits per heavy atom. The minimum absolute atomic E-state index is 0.0403. The van der Waals surface area contributed by atoms with E-state index in [1.807, 2.05) is 24.3 Å². The van der Waals surface area contributed by atoms with Gasteiger partial charge in [-0.15, -0.1) is 0 Å². The van der Waals surface area contributed by atoms with Crippen LogP contribution in [0.25, 0.3) is 0 Å². The van der Waals surface area contributed by atoms with E-state index in [9.17, 15) is 4.79 Å². The van der Waals surface area contributed by atoms with Gasteiger partial charge in [-0.05, 0) is 60.7 Å². The summed E-state index contributed by atoms with van der Waals surface area (Å²) in [5, 5.41) is 0. The monoisotopic (exact) mass is 290 g/mol. The molecule has 0 saturated carbocycles. The standard InChI is InChI=1S/C10H11IO2/c1-7(12)8(2)13-10-5-3-9(11)4-6-10/h3-6,8H,1-2H3. The lowest BCUT2D eigenvalue weighted by molar-refractivity contribution is -0.122. The van der Waals surface area contributed by atoms with Gasteiger partial charge in [0, 0.05) is 3.57 Å². The molecule has 0 aliphatic carbocycles. The highest BCUT2D eigenvalue weighted by atomic mass is 127. The molecule has 0 fully saturated rings. The minimum Gasteiger partial charge on any atom is -0.483 e. The zero-order valence-corrected chi connectivity index (χ0v) is 9.74.